The molecule has 18 heavy (non-hydrogen) atoms. The van der Waals surface area contributed by atoms with E-state index in [0.29, 0.717) is 18.3 Å². The molecule has 0 atom stereocenters. The first-order valence-corrected chi connectivity index (χ1v) is 5.91. The van der Waals surface area contributed by atoms with Crippen LogP contribution in [0.5, 0.6) is 5.75 Å². The van der Waals surface area contributed by atoms with Crippen molar-refractivity contribution in [3.8, 4) is 5.75 Å². The van der Waals surface area contributed by atoms with Crippen LogP contribution in [0.15, 0.2) is 22.7 Å². The Labute approximate surface area is 106 Å². The van der Waals surface area contributed by atoms with Crippen LogP contribution in [0.3, 0.4) is 0 Å². The Morgan fingerprint density at radius 1 is 1.33 bits per heavy atom. The quantitative estimate of drug-likeness (QED) is 0.871. The van der Waals surface area contributed by atoms with Gasteiger partial charge in [-0.25, -0.2) is 0 Å². The van der Waals surface area contributed by atoms with Gasteiger partial charge in [0.25, 0.3) is 5.89 Å². The van der Waals surface area contributed by atoms with Crippen molar-refractivity contribution in [2.45, 2.75) is 26.9 Å². The highest BCUT2D eigenvalue weighted by atomic mass is 16.5. The van der Waals surface area contributed by atoms with Crippen molar-refractivity contribution in [3.63, 3.8) is 0 Å². The minimum atomic E-state index is 0.281. The summed E-state index contributed by atoms with van der Waals surface area (Å²) in [7, 11) is 0. The van der Waals surface area contributed by atoms with E-state index in [-0.39, 0.29) is 6.61 Å². The monoisotopic (exact) mass is 247 g/mol. The van der Waals surface area contributed by atoms with Crippen molar-refractivity contribution in [1.82, 2.24) is 10.1 Å². The lowest BCUT2D eigenvalue weighted by atomic mass is 10.1. The number of aromatic nitrogens is 2. The van der Waals surface area contributed by atoms with Crippen LogP contribution in [-0.4, -0.2) is 16.7 Å². The van der Waals surface area contributed by atoms with Gasteiger partial charge in [-0.1, -0.05) is 23.4 Å². The van der Waals surface area contributed by atoms with E-state index in [9.17, 15) is 0 Å². The molecule has 0 amide bonds. The summed E-state index contributed by atoms with van der Waals surface area (Å²) >= 11 is 0. The van der Waals surface area contributed by atoms with Crippen LogP contribution in [0.1, 0.15) is 22.8 Å². The van der Waals surface area contributed by atoms with E-state index in [1.807, 2.05) is 25.1 Å². The molecule has 0 aliphatic heterocycles. The predicted octanol–water partition coefficient (Wildman–Crippen LogP) is 1.77. The van der Waals surface area contributed by atoms with Crippen LogP contribution in [0.2, 0.25) is 0 Å². The number of ether oxygens (including phenoxy) is 1. The maximum atomic E-state index is 5.77. The van der Waals surface area contributed by atoms with Gasteiger partial charge in [-0.2, -0.15) is 4.98 Å². The molecule has 0 aliphatic carbocycles. The maximum absolute atomic E-state index is 5.77. The lowest BCUT2D eigenvalue weighted by Crippen LogP contribution is -2.06. The van der Waals surface area contributed by atoms with E-state index in [1.165, 1.54) is 0 Å². The second-order valence-corrected chi connectivity index (χ2v) is 4.13. The summed E-state index contributed by atoms with van der Waals surface area (Å²) in [5.74, 6) is 1.95. The minimum Gasteiger partial charge on any atom is -0.483 e. The molecule has 1 heterocycles. The molecule has 0 fully saturated rings. The molecular weight excluding hydrogens is 230 g/mol. The normalized spacial score (nSPS) is 10.6. The molecule has 0 saturated carbocycles. The minimum absolute atomic E-state index is 0.281. The van der Waals surface area contributed by atoms with Crippen LogP contribution < -0.4 is 10.5 Å². The zero-order chi connectivity index (χ0) is 13.0. The number of hydrogen-bond acceptors (Lipinski definition) is 5. The summed E-state index contributed by atoms with van der Waals surface area (Å²) < 4.78 is 10.8. The van der Waals surface area contributed by atoms with Gasteiger partial charge in [0.2, 0.25) is 0 Å². The first kappa shape index (κ1) is 12.6. The highest BCUT2D eigenvalue weighted by Crippen LogP contribution is 2.24. The van der Waals surface area contributed by atoms with Gasteiger partial charge >= 0.3 is 0 Å². The van der Waals surface area contributed by atoms with Crippen LogP contribution >= 0.6 is 0 Å². The summed E-state index contributed by atoms with van der Waals surface area (Å²) in [4.78, 5) is 4.10. The first-order chi connectivity index (χ1) is 8.70. The molecule has 96 valence electrons. The number of rotatable bonds is 5. The Balaban J connectivity index is 2.12. The van der Waals surface area contributed by atoms with Crippen molar-refractivity contribution in [1.29, 1.82) is 0 Å². The van der Waals surface area contributed by atoms with E-state index in [2.05, 4.69) is 10.1 Å². The van der Waals surface area contributed by atoms with Crippen LogP contribution in [-0.2, 0) is 13.0 Å². The van der Waals surface area contributed by atoms with Gasteiger partial charge < -0.3 is 15.0 Å². The van der Waals surface area contributed by atoms with E-state index in [4.69, 9.17) is 15.0 Å². The van der Waals surface area contributed by atoms with E-state index < -0.39 is 0 Å². The third kappa shape index (κ3) is 2.87. The number of hydrogen-bond donors (Lipinski definition) is 1. The molecule has 1 aromatic heterocycles. The molecule has 2 rings (SSSR count). The molecular formula is C13H17N3O2. The van der Waals surface area contributed by atoms with E-state index in [0.717, 1.165) is 23.3 Å². The molecule has 0 aliphatic rings. The summed E-state index contributed by atoms with van der Waals surface area (Å²) in [5, 5.41) is 3.72. The third-order valence-electron chi connectivity index (χ3n) is 2.62. The van der Waals surface area contributed by atoms with Gasteiger partial charge in [-0.3, -0.25) is 0 Å². The Kier molecular flexibility index (Phi) is 3.94. The van der Waals surface area contributed by atoms with Crippen LogP contribution in [0, 0.1) is 13.8 Å². The fraction of sp³-hybridized carbons (Fsp3) is 0.385. The van der Waals surface area contributed by atoms with Crippen molar-refractivity contribution < 1.29 is 9.26 Å². The Morgan fingerprint density at radius 2 is 2.17 bits per heavy atom. The lowest BCUT2D eigenvalue weighted by molar-refractivity contribution is 0.239. The van der Waals surface area contributed by atoms with Gasteiger partial charge in [0, 0.05) is 0 Å². The largest absolute Gasteiger partial charge is 0.483 e. The second kappa shape index (κ2) is 5.64. The average Bonchev–Trinajstić information content (AvgIpc) is 2.75. The smallest absolute Gasteiger partial charge is 0.264 e. The molecule has 2 aromatic rings. The van der Waals surface area contributed by atoms with Gasteiger partial charge in [-0.15, -0.1) is 0 Å². The number of benzene rings is 1. The Hall–Kier alpha value is -1.88. The summed E-state index contributed by atoms with van der Waals surface area (Å²) in [6.07, 6.45) is 0.792. The van der Waals surface area contributed by atoms with Gasteiger partial charge in [-0.05, 0) is 37.9 Å². The molecule has 0 saturated heterocycles. The predicted molar refractivity (Wildman–Crippen MR) is 67.3 cm³/mol. The first-order valence-electron chi connectivity index (χ1n) is 5.91. The zero-order valence-electron chi connectivity index (χ0n) is 10.6. The van der Waals surface area contributed by atoms with Crippen molar-refractivity contribution in [3.05, 3.63) is 41.0 Å². The summed E-state index contributed by atoms with van der Waals surface area (Å²) in [6, 6.07) is 6.03. The second-order valence-electron chi connectivity index (χ2n) is 4.13. The van der Waals surface area contributed by atoms with Crippen molar-refractivity contribution in [2.75, 3.05) is 6.54 Å². The molecule has 1 aromatic carbocycles. The number of nitrogens with two attached hydrogens (primary N) is 1. The fourth-order valence-corrected chi connectivity index (χ4v) is 1.80. The Bertz CT molecular complexity index is 523. The van der Waals surface area contributed by atoms with E-state index >= 15 is 0 Å². The fourth-order valence-electron chi connectivity index (χ4n) is 1.80. The molecule has 0 unspecified atom stereocenters. The maximum Gasteiger partial charge on any atom is 0.264 e. The number of para-hydroxylation sites is 1. The number of aryl methyl sites for hydroxylation is 2. The average molecular weight is 247 g/mol. The molecule has 2 N–H and O–H groups in total. The topological polar surface area (TPSA) is 74.2 Å². The molecule has 0 spiro atoms. The van der Waals surface area contributed by atoms with Gasteiger partial charge in [0.15, 0.2) is 12.4 Å². The van der Waals surface area contributed by atoms with Gasteiger partial charge in [0.1, 0.15) is 5.75 Å². The van der Waals surface area contributed by atoms with Crippen molar-refractivity contribution >= 4 is 0 Å². The van der Waals surface area contributed by atoms with E-state index in [1.54, 1.807) is 6.92 Å². The van der Waals surface area contributed by atoms with Crippen LogP contribution in [0.4, 0.5) is 0 Å². The SMILES string of the molecule is Cc1noc(COc2c(C)cccc2CCN)n1. The Morgan fingerprint density at radius 3 is 2.83 bits per heavy atom. The lowest BCUT2D eigenvalue weighted by Gasteiger charge is -2.12. The van der Waals surface area contributed by atoms with Crippen LogP contribution in [0.25, 0.3) is 0 Å². The highest BCUT2D eigenvalue weighted by Gasteiger charge is 2.09. The molecule has 5 heteroatoms. The third-order valence-corrected chi connectivity index (χ3v) is 2.62. The molecule has 5 nitrogen and oxygen atoms in total. The highest BCUT2D eigenvalue weighted by molar-refractivity contribution is 5.40. The number of nitrogens with zero attached hydrogens (tertiary/aromatic N) is 2. The molecule has 0 bridgehead atoms. The standard InChI is InChI=1S/C13H17N3O2/c1-9-4-3-5-11(6-7-14)13(9)17-8-12-15-10(2)16-18-12/h3-5H,6-8,14H2,1-2H3. The zero-order valence-corrected chi connectivity index (χ0v) is 10.6. The summed E-state index contributed by atoms with van der Waals surface area (Å²) in [5.41, 5.74) is 7.78. The molecule has 0 radical (unpaired) electrons. The summed E-state index contributed by atoms with van der Waals surface area (Å²) in [6.45, 7) is 4.66. The van der Waals surface area contributed by atoms with Gasteiger partial charge in [0.05, 0.1) is 0 Å². The van der Waals surface area contributed by atoms with Crippen molar-refractivity contribution in [2.24, 2.45) is 5.73 Å².